The lowest BCUT2D eigenvalue weighted by molar-refractivity contribution is -0.114. The molecule has 0 aliphatic carbocycles. The average molecular weight is 326 g/mol. The van der Waals surface area contributed by atoms with Crippen LogP contribution >= 0.6 is 0 Å². The highest BCUT2D eigenvalue weighted by Crippen LogP contribution is 2.01. The minimum atomic E-state index is -0.190. The molecule has 24 heavy (non-hydrogen) atoms. The molecule has 2 rings (SSSR count). The highest BCUT2D eigenvalue weighted by Gasteiger charge is 2.03. The van der Waals surface area contributed by atoms with Crippen molar-refractivity contribution in [3.63, 3.8) is 0 Å². The number of carbonyl (C=O) groups is 1. The van der Waals surface area contributed by atoms with Crippen LogP contribution in [-0.2, 0) is 11.2 Å². The molecule has 0 spiro atoms. The van der Waals surface area contributed by atoms with Crippen LogP contribution in [0.1, 0.15) is 12.6 Å². The van der Waals surface area contributed by atoms with E-state index in [9.17, 15) is 4.79 Å². The predicted molar refractivity (Wildman–Crippen MR) is 94.8 cm³/mol. The van der Waals surface area contributed by atoms with E-state index in [4.69, 9.17) is 0 Å². The van der Waals surface area contributed by atoms with E-state index in [-0.39, 0.29) is 12.5 Å². The van der Waals surface area contributed by atoms with Gasteiger partial charge < -0.3 is 16.0 Å². The number of anilines is 1. The molecule has 0 aliphatic heterocycles. The fourth-order valence-electron chi connectivity index (χ4n) is 1.98. The fraction of sp³-hybridized carbons (Fsp3) is 0.294. The van der Waals surface area contributed by atoms with Crippen molar-refractivity contribution in [3.8, 4) is 0 Å². The normalized spacial score (nSPS) is 11.0. The largest absolute Gasteiger partial charge is 0.357 e. The monoisotopic (exact) mass is 326 g/mol. The van der Waals surface area contributed by atoms with E-state index in [0.29, 0.717) is 18.2 Å². The Hall–Kier alpha value is -2.96. The number of pyridine rings is 2. The maximum absolute atomic E-state index is 11.9. The molecule has 0 aromatic carbocycles. The number of hydrogen-bond donors (Lipinski definition) is 3. The van der Waals surface area contributed by atoms with Gasteiger partial charge in [0.1, 0.15) is 6.54 Å². The second kappa shape index (κ2) is 9.94. The van der Waals surface area contributed by atoms with Crippen molar-refractivity contribution >= 4 is 17.6 Å². The zero-order chi connectivity index (χ0) is 17.0. The molecule has 2 aromatic rings. The molecule has 2 heterocycles. The summed E-state index contributed by atoms with van der Waals surface area (Å²) in [6.07, 6.45) is 5.81. The first-order valence-corrected chi connectivity index (χ1v) is 7.90. The summed E-state index contributed by atoms with van der Waals surface area (Å²) in [6.45, 7) is 3.42. The number of rotatable bonds is 7. The lowest BCUT2D eigenvalue weighted by Gasteiger charge is -2.11. The van der Waals surface area contributed by atoms with Crippen molar-refractivity contribution in [3.05, 3.63) is 54.6 Å². The lowest BCUT2D eigenvalue weighted by atomic mass is 10.3. The van der Waals surface area contributed by atoms with E-state index < -0.39 is 0 Å². The minimum Gasteiger partial charge on any atom is -0.357 e. The van der Waals surface area contributed by atoms with Crippen molar-refractivity contribution in [1.82, 2.24) is 20.6 Å². The Morgan fingerprint density at radius 2 is 2.08 bits per heavy atom. The molecular weight excluding hydrogens is 304 g/mol. The zero-order valence-electron chi connectivity index (χ0n) is 13.7. The van der Waals surface area contributed by atoms with Gasteiger partial charge in [-0.1, -0.05) is 6.07 Å². The molecule has 0 fully saturated rings. The van der Waals surface area contributed by atoms with Gasteiger partial charge in [0.2, 0.25) is 5.91 Å². The smallest absolute Gasteiger partial charge is 0.246 e. The molecule has 0 saturated carbocycles. The molecular formula is C17H22N6O. The van der Waals surface area contributed by atoms with Gasteiger partial charge >= 0.3 is 0 Å². The number of nitrogens with zero attached hydrogens (tertiary/aromatic N) is 3. The van der Waals surface area contributed by atoms with E-state index in [1.54, 1.807) is 30.7 Å². The fourth-order valence-corrected chi connectivity index (χ4v) is 1.98. The standard InChI is InChI=1S/C17H22N6O/c1-2-19-17(21-11-8-14-6-3-4-10-20-14)22-13-16(24)23-15-7-5-9-18-12-15/h3-7,9-10,12H,2,8,11,13H2,1H3,(H,23,24)(H2,19,21,22). The average Bonchev–Trinajstić information content (AvgIpc) is 2.61. The molecule has 126 valence electrons. The number of amides is 1. The van der Waals surface area contributed by atoms with Crippen molar-refractivity contribution in [2.24, 2.45) is 4.99 Å². The van der Waals surface area contributed by atoms with Crippen molar-refractivity contribution in [1.29, 1.82) is 0 Å². The van der Waals surface area contributed by atoms with Crippen LogP contribution < -0.4 is 16.0 Å². The summed E-state index contributed by atoms with van der Waals surface area (Å²) in [7, 11) is 0. The summed E-state index contributed by atoms with van der Waals surface area (Å²) in [5.41, 5.74) is 1.67. The summed E-state index contributed by atoms with van der Waals surface area (Å²) in [5.74, 6) is 0.416. The van der Waals surface area contributed by atoms with E-state index >= 15 is 0 Å². The van der Waals surface area contributed by atoms with Gasteiger partial charge in [0, 0.05) is 37.6 Å². The lowest BCUT2D eigenvalue weighted by Crippen LogP contribution is -2.39. The molecule has 0 saturated heterocycles. The molecule has 7 nitrogen and oxygen atoms in total. The highest BCUT2D eigenvalue weighted by molar-refractivity contribution is 5.93. The van der Waals surface area contributed by atoms with E-state index in [1.165, 1.54) is 0 Å². The topological polar surface area (TPSA) is 91.3 Å². The van der Waals surface area contributed by atoms with Gasteiger partial charge in [-0.2, -0.15) is 0 Å². The Bertz CT molecular complexity index is 645. The van der Waals surface area contributed by atoms with E-state index in [1.807, 2.05) is 25.1 Å². The van der Waals surface area contributed by atoms with Crippen molar-refractivity contribution < 1.29 is 4.79 Å². The number of aromatic nitrogens is 2. The molecule has 0 radical (unpaired) electrons. The van der Waals surface area contributed by atoms with Crippen LogP contribution in [0.25, 0.3) is 0 Å². The van der Waals surface area contributed by atoms with Crippen LogP contribution in [-0.4, -0.2) is 41.5 Å². The quantitative estimate of drug-likeness (QED) is 0.525. The van der Waals surface area contributed by atoms with Crippen LogP contribution in [0.3, 0.4) is 0 Å². The Balaban J connectivity index is 1.80. The van der Waals surface area contributed by atoms with Crippen molar-refractivity contribution in [2.75, 3.05) is 25.0 Å². The summed E-state index contributed by atoms with van der Waals surface area (Å²) < 4.78 is 0. The minimum absolute atomic E-state index is 0.0355. The maximum atomic E-state index is 11.9. The third-order valence-electron chi connectivity index (χ3n) is 3.07. The number of guanidine groups is 1. The third kappa shape index (κ3) is 6.43. The highest BCUT2D eigenvalue weighted by atomic mass is 16.1. The number of nitrogens with one attached hydrogen (secondary N) is 3. The maximum Gasteiger partial charge on any atom is 0.246 e. The molecule has 0 atom stereocenters. The van der Waals surface area contributed by atoms with Gasteiger partial charge in [-0.05, 0) is 31.2 Å². The van der Waals surface area contributed by atoms with Gasteiger partial charge in [0.15, 0.2) is 5.96 Å². The Morgan fingerprint density at radius 1 is 1.17 bits per heavy atom. The second-order valence-corrected chi connectivity index (χ2v) is 4.98. The second-order valence-electron chi connectivity index (χ2n) is 4.98. The van der Waals surface area contributed by atoms with Gasteiger partial charge in [-0.25, -0.2) is 4.99 Å². The third-order valence-corrected chi connectivity index (χ3v) is 3.07. The molecule has 7 heteroatoms. The van der Waals surface area contributed by atoms with Gasteiger partial charge in [-0.15, -0.1) is 0 Å². The first-order chi connectivity index (χ1) is 11.8. The SMILES string of the molecule is CCNC(=NCC(=O)Nc1cccnc1)NCCc1ccccn1. The summed E-state index contributed by atoms with van der Waals surface area (Å²) >= 11 is 0. The summed E-state index contributed by atoms with van der Waals surface area (Å²) in [5, 5.41) is 9.06. The molecule has 0 bridgehead atoms. The first kappa shape index (κ1) is 17.4. The van der Waals surface area contributed by atoms with Gasteiger partial charge in [0.25, 0.3) is 0 Å². The molecule has 1 amide bonds. The molecule has 0 unspecified atom stereocenters. The Labute approximate surface area is 141 Å². The van der Waals surface area contributed by atoms with E-state index in [2.05, 4.69) is 30.9 Å². The number of carbonyl (C=O) groups excluding carboxylic acids is 1. The van der Waals surface area contributed by atoms with Crippen LogP contribution in [0.15, 0.2) is 53.9 Å². The molecule has 3 N–H and O–H groups in total. The Morgan fingerprint density at radius 3 is 2.79 bits per heavy atom. The number of hydrogen-bond acceptors (Lipinski definition) is 4. The zero-order valence-corrected chi connectivity index (χ0v) is 13.7. The molecule has 0 aliphatic rings. The summed E-state index contributed by atoms with van der Waals surface area (Å²) in [4.78, 5) is 24.4. The van der Waals surface area contributed by atoms with Crippen LogP contribution in [0, 0.1) is 0 Å². The van der Waals surface area contributed by atoms with E-state index in [0.717, 1.165) is 18.7 Å². The van der Waals surface area contributed by atoms with Gasteiger partial charge in [-0.3, -0.25) is 14.8 Å². The Kier molecular flexibility index (Phi) is 7.20. The first-order valence-electron chi connectivity index (χ1n) is 7.90. The van der Waals surface area contributed by atoms with Crippen LogP contribution in [0.2, 0.25) is 0 Å². The van der Waals surface area contributed by atoms with Crippen molar-refractivity contribution in [2.45, 2.75) is 13.3 Å². The summed E-state index contributed by atoms with van der Waals surface area (Å²) in [6, 6.07) is 9.38. The number of aliphatic imine (C=N–C) groups is 1. The predicted octanol–water partition coefficient (Wildman–Crippen LogP) is 1.21. The van der Waals surface area contributed by atoms with Crippen LogP contribution in [0.5, 0.6) is 0 Å². The van der Waals surface area contributed by atoms with Crippen LogP contribution in [0.4, 0.5) is 5.69 Å². The van der Waals surface area contributed by atoms with Gasteiger partial charge in [0.05, 0.1) is 11.9 Å². The molecule has 2 aromatic heterocycles.